The summed E-state index contributed by atoms with van der Waals surface area (Å²) in [6.45, 7) is 9.50. The van der Waals surface area contributed by atoms with Crippen molar-refractivity contribution in [2.75, 3.05) is 5.32 Å². The summed E-state index contributed by atoms with van der Waals surface area (Å²) < 4.78 is 2.17. The Bertz CT molecular complexity index is 991. The van der Waals surface area contributed by atoms with Crippen molar-refractivity contribution in [3.8, 4) is 0 Å². The molecule has 0 unspecified atom stereocenters. The average Bonchev–Trinajstić information content (AvgIpc) is 3.15. The number of nitrogens with zero attached hydrogens (tertiary/aromatic N) is 2. The van der Waals surface area contributed by atoms with E-state index in [4.69, 9.17) is 11.6 Å². The number of carbonyl (C=O) groups is 1. The van der Waals surface area contributed by atoms with Gasteiger partial charge in [-0.05, 0) is 68.1 Å². The van der Waals surface area contributed by atoms with Crippen LogP contribution in [-0.2, 0) is 13.1 Å². The molecule has 158 valence electrons. The second-order valence-corrected chi connectivity index (χ2v) is 8.28. The molecule has 1 heterocycles. The molecular formula is C25H30ClN3O. The lowest BCUT2D eigenvalue weighted by Crippen LogP contribution is -2.41. The van der Waals surface area contributed by atoms with Gasteiger partial charge in [-0.3, -0.25) is 0 Å². The maximum Gasteiger partial charge on any atom is 0.322 e. The monoisotopic (exact) mass is 423 g/mol. The molecule has 1 atom stereocenters. The predicted octanol–water partition coefficient (Wildman–Crippen LogP) is 6.64. The van der Waals surface area contributed by atoms with Gasteiger partial charge in [0, 0.05) is 35.2 Å². The zero-order chi connectivity index (χ0) is 21.7. The number of hydrogen-bond acceptors (Lipinski definition) is 1. The maximum absolute atomic E-state index is 13.2. The van der Waals surface area contributed by atoms with Gasteiger partial charge in [0.05, 0.1) is 6.54 Å². The maximum atomic E-state index is 13.2. The number of nitrogens with one attached hydrogen (secondary N) is 1. The van der Waals surface area contributed by atoms with Crippen molar-refractivity contribution in [1.29, 1.82) is 0 Å². The minimum absolute atomic E-state index is 0.0720. The molecule has 0 fully saturated rings. The number of para-hydroxylation sites is 1. The number of aryl methyl sites for hydroxylation is 2. The number of urea groups is 1. The predicted molar refractivity (Wildman–Crippen MR) is 125 cm³/mol. The minimum atomic E-state index is -0.0720. The van der Waals surface area contributed by atoms with E-state index < -0.39 is 0 Å². The van der Waals surface area contributed by atoms with Gasteiger partial charge in [0.15, 0.2) is 0 Å². The SMILES string of the molecule is CC[C@H](C)N(Cc1cccn1Cc1cccc(Cl)c1)C(=O)Nc1c(C)cccc1C. The fraction of sp³-hybridized carbons (Fsp3) is 0.320. The third-order valence-electron chi connectivity index (χ3n) is 5.59. The van der Waals surface area contributed by atoms with Gasteiger partial charge in [0.1, 0.15) is 0 Å². The Morgan fingerprint density at radius 3 is 2.47 bits per heavy atom. The normalized spacial score (nSPS) is 11.9. The van der Waals surface area contributed by atoms with E-state index in [1.165, 1.54) is 0 Å². The highest BCUT2D eigenvalue weighted by molar-refractivity contribution is 6.30. The van der Waals surface area contributed by atoms with Crippen LogP contribution < -0.4 is 5.32 Å². The van der Waals surface area contributed by atoms with Crippen molar-refractivity contribution in [3.05, 3.63) is 88.2 Å². The first-order valence-corrected chi connectivity index (χ1v) is 10.8. The van der Waals surface area contributed by atoms with Crippen LogP contribution in [0, 0.1) is 13.8 Å². The Morgan fingerprint density at radius 1 is 1.10 bits per heavy atom. The van der Waals surface area contributed by atoms with Gasteiger partial charge < -0.3 is 14.8 Å². The average molecular weight is 424 g/mol. The van der Waals surface area contributed by atoms with Crippen LogP contribution in [0.5, 0.6) is 0 Å². The standard InChI is InChI=1S/C25H30ClN3O/c1-5-20(4)29(25(30)27-24-18(2)9-6-10-19(24)3)17-23-13-8-14-28(23)16-21-11-7-12-22(26)15-21/h6-15,20H,5,16-17H2,1-4H3,(H,27,30)/t20-/m0/s1. The largest absolute Gasteiger partial charge is 0.345 e. The van der Waals surface area contributed by atoms with E-state index >= 15 is 0 Å². The Labute approximate surface area is 184 Å². The van der Waals surface area contributed by atoms with Crippen LogP contribution in [0.4, 0.5) is 10.5 Å². The molecule has 4 nitrogen and oxygen atoms in total. The summed E-state index contributed by atoms with van der Waals surface area (Å²) in [5, 5.41) is 3.88. The molecule has 1 aromatic heterocycles. The summed E-state index contributed by atoms with van der Waals surface area (Å²) in [6, 6.07) is 18.1. The van der Waals surface area contributed by atoms with Gasteiger partial charge in [0.2, 0.25) is 0 Å². The summed E-state index contributed by atoms with van der Waals surface area (Å²) in [6.07, 6.45) is 2.93. The summed E-state index contributed by atoms with van der Waals surface area (Å²) in [4.78, 5) is 15.2. The van der Waals surface area contributed by atoms with Crippen LogP contribution in [0.25, 0.3) is 0 Å². The Morgan fingerprint density at radius 2 is 1.80 bits per heavy atom. The van der Waals surface area contributed by atoms with Crippen LogP contribution in [0.2, 0.25) is 5.02 Å². The molecule has 0 aliphatic heterocycles. The van der Waals surface area contributed by atoms with Crippen LogP contribution in [0.15, 0.2) is 60.8 Å². The van der Waals surface area contributed by atoms with E-state index in [2.05, 4.69) is 42.1 Å². The van der Waals surface area contributed by atoms with E-state index in [-0.39, 0.29) is 12.1 Å². The van der Waals surface area contributed by atoms with Crippen molar-refractivity contribution in [2.24, 2.45) is 0 Å². The number of rotatable bonds is 7. The Hall–Kier alpha value is -2.72. The number of halogens is 1. The fourth-order valence-electron chi connectivity index (χ4n) is 3.59. The van der Waals surface area contributed by atoms with Gasteiger partial charge in [-0.25, -0.2) is 4.79 Å². The van der Waals surface area contributed by atoms with Crippen molar-refractivity contribution < 1.29 is 4.79 Å². The zero-order valence-corrected chi connectivity index (χ0v) is 18.9. The number of aromatic nitrogens is 1. The smallest absolute Gasteiger partial charge is 0.322 e. The van der Waals surface area contributed by atoms with Crippen molar-refractivity contribution >= 4 is 23.3 Å². The van der Waals surface area contributed by atoms with Crippen LogP contribution in [0.1, 0.15) is 42.7 Å². The van der Waals surface area contributed by atoms with Crippen molar-refractivity contribution in [3.63, 3.8) is 0 Å². The first-order chi connectivity index (χ1) is 14.4. The lowest BCUT2D eigenvalue weighted by atomic mass is 10.1. The zero-order valence-electron chi connectivity index (χ0n) is 18.2. The molecule has 3 rings (SSSR count). The summed E-state index contributed by atoms with van der Waals surface area (Å²) in [7, 11) is 0. The molecular weight excluding hydrogens is 394 g/mol. The molecule has 3 aromatic rings. The van der Waals surface area contributed by atoms with Gasteiger partial charge in [-0.1, -0.05) is 48.9 Å². The molecule has 5 heteroatoms. The summed E-state index contributed by atoms with van der Waals surface area (Å²) in [5.74, 6) is 0. The molecule has 0 saturated heterocycles. The second kappa shape index (κ2) is 9.86. The molecule has 0 spiro atoms. The lowest BCUT2D eigenvalue weighted by Gasteiger charge is -2.30. The van der Waals surface area contributed by atoms with Crippen molar-refractivity contribution in [2.45, 2.75) is 53.2 Å². The van der Waals surface area contributed by atoms with Crippen LogP contribution in [0.3, 0.4) is 0 Å². The van der Waals surface area contributed by atoms with E-state index in [0.29, 0.717) is 6.54 Å². The molecule has 30 heavy (non-hydrogen) atoms. The van der Waals surface area contributed by atoms with Crippen molar-refractivity contribution in [1.82, 2.24) is 9.47 Å². The third-order valence-corrected chi connectivity index (χ3v) is 5.83. The Kier molecular flexibility index (Phi) is 7.22. The highest BCUT2D eigenvalue weighted by atomic mass is 35.5. The molecule has 2 aromatic carbocycles. The van der Waals surface area contributed by atoms with Gasteiger partial charge in [-0.15, -0.1) is 0 Å². The number of anilines is 1. The summed E-state index contributed by atoms with van der Waals surface area (Å²) >= 11 is 6.14. The number of amides is 2. The third kappa shape index (κ3) is 5.25. The summed E-state index contributed by atoms with van der Waals surface area (Å²) in [5.41, 5.74) is 5.25. The fourth-order valence-corrected chi connectivity index (χ4v) is 3.81. The van der Waals surface area contributed by atoms with Gasteiger partial charge in [0.25, 0.3) is 0 Å². The first-order valence-electron chi connectivity index (χ1n) is 10.4. The molecule has 0 aliphatic rings. The highest BCUT2D eigenvalue weighted by Gasteiger charge is 2.21. The second-order valence-electron chi connectivity index (χ2n) is 7.84. The molecule has 0 radical (unpaired) electrons. The van der Waals surface area contributed by atoms with E-state index in [0.717, 1.165) is 46.1 Å². The van der Waals surface area contributed by atoms with Crippen LogP contribution >= 0.6 is 11.6 Å². The van der Waals surface area contributed by atoms with Gasteiger partial charge in [-0.2, -0.15) is 0 Å². The number of carbonyl (C=O) groups excluding carboxylic acids is 1. The van der Waals surface area contributed by atoms with E-state index in [9.17, 15) is 4.79 Å². The van der Waals surface area contributed by atoms with E-state index in [1.54, 1.807) is 0 Å². The minimum Gasteiger partial charge on any atom is -0.345 e. The molecule has 2 amide bonds. The van der Waals surface area contributed by atoms with E-state index in [1.807, 2.05) is 61.2 Å². The number of benzene rings is 2. The van der Waals surface area contributed by atoms with Gasteiger partial charge >= 0.3 is 6.03 Å². The molecule has 0 bridgehead atoms. The molecule has 0 saturated carbocycles. The lowest BCUT2D eigenvalue weighted by molar-refractivity contribution is 0.185. The molecule has 1 N–H and O–H groups in total. The first kappa shape index (κ1) is 22.0. The Balaban J connectivity index is 1.81. The quantitative estimate of drug-likeness (QED) is 0.454. The van der Waals surface area contributed by atoms with Crippen LogP contribution in [-0.4, -0.2) is 21.5 Å². The molecule has 0 aliphatic carbocycles. The number of hydrogen-bond donors (Lipinski definition) is 1. The highest BCUT2D eigenvalue weighted by Crippen LogP contribution is 2.22. The topological polar surface area (TPSA) is 37.3 Å².